The fraction of sp³-hybridized carbons (Fsp3) is 0.435. The summed E-state index contributed by atoms with van der Waals surface area (Å²) in [5, 5.41) is 0. The Labute approximate surface area is 167 Å². The Morgan fingerprint density at radius 3 is 2.50 bits per heavy atom. The lowest BCUT2D eigenvalue weighted by Crippen LogP contribution is -2.54. The lowest BCUT2D eigenvalue weighted by atomic mass is 10.1. The van der Waals surface area contributed by atoms with E-state index in [9.17, 15) is 4.79 Å². The molecule has 3 aliphatic rings. The van der Waals surface area contributed by atoms with Crippen LogP contribution in [0.2, 0.25) is 0 Å². The molecule has 0 saturated carbocycles. The maximum Gasteiger partial charge on any atom is 0.242 e. The minimum atomic E-state index is 0.273. The summed E-state index contributed by atoms with van der Waals surface area (Å²) < 4.78 is 0. The van der Waals surface area contributed by atoms with Gasteiger partial charge in [0.25, 0.3) is 0 Å². The van der Waals surface area contributed by atoms with Crippen LogP contribution < -0.4 is 9.80 Å². The molecule has 1 amide bonds. The first kappa shape index (κ1) is 17.6. The average Bonchev–Trinajstić information content (AvgIpc) is 3.22. The van der Waals surface area contributed by atoms with Gasteiger partial charge in [-0.1, -0.05) is 30.3 Å². The zero-order chi connectivity index (χ0) is 18.9. The molecule has 5 nitrogen and oxygen atoms in total. The number of piperazine rings is 1. The van der Waals surface area contributed by atoms with Gasteiger partial charge in [-0.2, -0.15) is 0 Å². The van der Waals surface area contributed by atoms with Gasteiger partial charge >= 0.3 is 0 Å². The maximum atomic E-state index is 13.1. The topological polar surface area (TPSA) is 30.0 Å². The molecule has 0 N–H and O–H groups in total. The van der Waals surface area contributed by atoms with Crippen LogP contribution in [0, 0.1) is 0 Å². The van der Waals surface area contributed by atoms with Gasteiger partial charge in [0.2, 0.25) is 5.91 Å². The smallest absolute Gasteiger partial charge is 0.242 e. The lowest BCUT2D eigenvalue weighted by molar-refractivity contribution is -0.132. The monoisotopic (exact) mass is 376 g/mol. The molecule has 0 spiro atoms. The van der Waals surface area contributed by atoms with Crippen LogP contribution in [0.1, 0.15) is 12.8 Å². The first-order chi connectivity index (χ1) is 13.8. The summed E-state index contributed by atoms with van der Waals surface area (Å²) in [6.45, 7) is 6.26. The van der Waals surface area contributed by atoms with Gasteiger partial charge in [-0.3, -0.25) is 9.69 Å². The van der Waals surface area contributed by atoms with Crippen LogP contribution in [-0.4, -0.2) is 67.6 Å². The average molecular weight is 377 g/mol. The molecule has 0 radical (unpaired) electrons. The number of amides is 1. The van der Waals surface area contributed by atoms with Crippen molar-refractivity contribution < 1.29 is 4.79 Å². The highest BCUT2D eigenvalue weighted by Crippen LogP contribution is 2.37. The zero-order valence-corrected chi connectivity index (χ0v) is 16.3. The van der Waals surface area contributed by atoms with Crippen molar-refractivity contribution in [2.45, 2.75) is 18.9 Å². The molecule has 1 atom stereocenters. The number of benzene rings is 2. The summed E-state index contributed by atoms with van der Waals surface area (Å²) in [6.07, 6.45) is 2.52. The van der Waals surface area contributed by atoms with Gasteiger partial charge in [-0.15, -0.1) is 0 Å². The van der Waals surface area contributed by atoms with E-state index in [4.69, 9.17) is 0 Å². The van der Waals surface area contributed by atoms with Gasteiger partial charge in [-0.05, 0) is 43.7 Å². The number of anilines is 3. The Morgan fingerprint density at radius 2 is 1.64 bits per heavy atom. The Morgan fingerprint density at radius 1 is 0.857 bits per heavy atom. The number of carbonyl (C=O) groups excluding carboxylic acids is 1. The highest BCUT2D eigenvalue weighted by atomic mass is 16.2. The number of carbonyl (C=O) groups is 1. The lowest BCUT2D eigenvalue weighted by Gasteiger charge is -2.41. The molecule has 2 fully saturated rings. The summed E-state index contributed by atoms with van der Waals surface area (Å²) in [5.74, 6) is 0.273. The van der Waals surface area contributed by atoms with Crippen molar-refractivity contribution in [3.05, 3.63) is 54.6 Å². The third-order valence-corrected chi connectivity index (χ3v) is 6.44. The number of nitrogens with zero attached hydrogens (tertiary/aromatic N) is 4. The number of para-hydroxylation sites is 3. The van der Waals surface area contributed by atoms with Crippen LogP contribution in [0.4, 0.5) is 17.1 Å². The maximum absolute atomic E-state index is 13.1. The molecule has 5 rings (SSSR count). The number of rotatable bonds is 3. The van der Waals surface area contributed by atoms with E-state index in [1.165, 1.54) is 30.8 Å². The summed E-state index contributed by atoms with van der Waals surface area (Å²) in [7, 11) is 0. The molecular formula is C23H28N4O. The third kappa shape index (κ3) is 3.24. The normalized spacial score (nSPS) is 22.1. The molecule has 146 valence electrons. The fourth-order valence-electron chi connectivity index (χ4n) is 4.94. The predicted octanol–water partition coefficient (Wildman–Crippen LogP) is 2.95. The van der Waals surface area contributed by atoms with E-state index in [-0.39, 0.29) is 5.91 Å². The summed E-state index contributed by atoms with van der Waals surface area (Å²) in [5.41, 5.74) is 3.55. The largest absolute Gasteiger partial charge is 0.359 e. The van der Waals surface area contributed by atoms with Gasteiger partial charge in [0.05, 0.1) is 17.9 Å². The van der Waals surface area contributed by atoms with Gasteiger partial charge < -0.3 is 14.7 Å². The predicted molar refractivity (Wildman–Crippen MR) is 113 cm³/mol. The highest BCUT2D eigenvalue weighted by Gasteiger charge is 2.33. The van der Waals surface area contributed by atoms with Gasteiger partial charge in [0.1, 0.15) is 0 Å². The van der Waals surface area contributed by atoms with Crippen molar-refractivity contribution in [2.75, 3.05) is 55.6 Å². The van der Waals surface area contributed by atoms with Gasteiger partial charge in [-0.25, -0.2) is 0 Å². The Balaban J connectivity index is 1.32. The van der Waals surface area contributed by atoms with Gasteiger partial charge in [0, 0.05) is 44.5 Å². The van der Waals surface area contributed by atoms with E-state index in [1.54, 1.807) is 0 Å². The second kappa shape index (κ2) is 7.47. The second-order valence-electron chi connectivity index (χ2n) is 8.07. The number of fused-ring (bicyclic) bond motifs is 2. The van der Waals surface area contributed by atoms with Crippen molar-refractivity contribution in [2.24, 2.45) is 0 Å². The van der Waals surface area contributed by atoms with Crippen LogP contribution >= 0.6 is 0 Å². The van der Waals surface area contributed by atoms with E-state index in [0.29, 0.717) is 12.6 Å². The van der Waals surface area contributed by atoms with Crippen molar-refractivity contribution in [3.8, 4) is 0 Å². The molecule has 28 heavy (non-hydrogen) atoms. The van der Waals surface area contributed by atoms with Crippen LogP contribution in [0.3, 0.4) is 0 Å². The minimum Gasteiger partial charge on any atom is -0.359 e. The summed E-state index contributed by atoms with van der Waals surface area (Å²) in [4.78, 5) is 22.3. The minimum absolute atomic E-state index is 0.273. The molecule has 2 saturated heterocycles. The number of hydrogen-bond acceptors (Lipinski definition) is 4. The molecule has 0 bridgehead atoms. The SMILES string of the molecule is O=C(CN1CCN(c2ccccc2)c2ccccc21)N1CCN2CCCC2C1. The van der Waals surface area contributed by atoms with E-state index in [2.05, 4.69) is 74.2 Å². The quantitative estimate of drug-likeness (QED) is 0.824. The van der Waals surface area contributed by atoms with E-state index in [0.717, 1.165) is 38.4 Å². The standard InChI is InChI=1S/C23H28N4O/c28-23(26-14-13-24-12-6-9-20(24)17-26)18-25-15-16-27(19-7-2-1-3-8-19)22-11-5-4-10-21(22)25/h1-5,7-8,10-11,20H,6,9,12-18H2. The highest BCUT2D eigenvalue weighted by molar-refractivity contribution is 5.86. The fourth-order valence-corrected chi connectivity index (χ4v) is 4.94. The van der Waals surface area contributed by atoms with Crippen molar-refractivity contribution in [1.29, 1.82) is 0 Å². The molecule has 3 heterocycles. The molecule has 3 aliphatic heterocycles. The van der Waals surface area contributed by atoms with Crippen LogP contribution in [0.25, 0.3) is 0 Å². The second-order valence-corrected chi connectivity index (χ2v) is 8.07. The van der Waals surface area contributed by atoms with Gasteiger partial charge in [0.15, 0.2) is 0 Å². The van der Waals surface area contributed by atoms with Crippen molar-refractivity contribution in [3.63, 3.8) is 0 Å². The Kier molecular flexibility index (Phi) is 4.69. The zero-order valence-electron chi connectivity index (χ0n) is 16.3. The Hall–Kier alpha value is -2.53. The molecule has 0 aromatic heterocycles. The number of hydrogen-bond donors (Lipinski definition) is 0. The third-order valence-electron chi connectivity index (χ3n) is 6.44. The van der Waals surface area contributed by atoms with E-state index < -0.39 is 0 Å². The molecule has 0 aliphatic carbocycles. The first-order valence-corrected chi connectivity index (χ1v) is 10.5. The molecule has 2 aromatic rings. The van der Waals surface area contributed by atoms with Crippen LogP contribution in [0.5, 0.6) is 0 Å². The summed E-state index contributed by atoms with van der Waals surface area (Å²) in [6, 6.07) is 19.6. The molecule has 2 aromatic carbocycles. The van der Waals surface area contributed by atoms with E-state index in [1.807, 2.05) is 0 Å². The first-order valence-electron chi connectivity index (χ1n) is 10.5. The Bertz CT molecular complexity index is 840. The van der Waals surface area contributed by atoms with Crippen molar-refractivity contribution in [1.82, 2.24) is 9.80 Å². The van der Waals surface area contributed by atoms with Crippen LogP contribution in [-0.2, 0) is 4.79 Å². The molecule has 1 unspecified atom stereocenters. The van der Waals surface area contributed by atoms with Crippen molar-refractivity contribution >= 4 is 23.0 Å². The molecule has 5 heteroatoms. The summed E-state index contributed by atoms with van der Waals surface area (Å²) >= 11 is 0. The molecular weight excluding hydrogens is 348 g/mol. The van der Waals surface area contributed by atoms with E-state index >= 15 is 0 Å². The van der Waals surface area contributed by atoms with Crippen LogP contribution in [0.15, 0.2) is 54.6 Å².